The van der Waals surface area contributed by atoms with Gasteiger partial charge in [-0.05, 0) is 55.4 Å². The fourth-order valence-corrected chi connectivity index (χ4v) is 3.30. The lowest BCUT2D eigenvalue weighted by molar-refractivity contribution is -0.128. The summed E-state index contributed by atoms with van der Waals surface area (Å²) in [4.78, 5) is 12.0. The predicted octanol–water partition coefficient (Wildman–Crippen LogP) is 2.14. The highest BCUT2D eigenvalue weighted by atomic mass is 16.5. The smallest absolute Gasteiger partial charge is 0.223 e. The number of carbonyl (C=O) groups excluding carboxylic acids is 1. The molecule has 1 aromatic rings. The first-order valence-corrected chi connectivity index (χ1v) is 7.80. The van der Waals surface area contributed by atoms with E-state index in [1.165, 1.54) is 0 Å². The largest absolute Gasteiger partial charge is 0.497 e. The second kappa shape index (κ2) is 5.68. The number of amides is 1. The maximum atomic E-state index is 12.0. The number of ether oxygens (including phenoxy) is 1. The van der Waals surface area contributed by atoms with Crippen molar-refractivity contribution in [3.8, 4) is 5.75 Å². The molecule has 0 bridgehead atoms. The van der Waals surface area contributed by atoms with Crippen LogP contribution in [0.15, 0.2) is 18.2 Å². The topological polar surface area (TPSA) is 58.6 Å². The zero-order valence-corrected chi connectivity index (χ0v) is 12.5. The lowest BCUT2D eigenvalue weighted by Gasteiger charge is -2.35. The average molecular weight is 289 g/mol. The van der Waals surface area contributed by atoms with E-state index in [0.717, 1.165) is 49.0 Å². The van der Waals surface area contributed by atoms with Crippen LogP contribution >= 0.6 is 0 Å². The molecule has 21 heavy (non-hydrogen) atoms. The van der Waals surface area contributed by atoms with Crippen LogP contribution in [-0.4, -0.2) is 24.7 Å². The van der Waals surface area contributed by atoms with Crippen LogP contribution in [0.1, 0.15) is 43.2 Å². The Kier molecular flexibility index (Phi) is 3.89. The second-order valence-corrected chi connectivity index (χ2v) is 6.25. The zero-order valence-electron chi connectivity index (χ0n) is 12.5. The van der Waals surface area contributed by atoms with Gasteiger partial charge < -0.3 is 15.2 Å². The predicted molar refractivity (Wildman–Crippen MR) is 80.2 cm³/mol. The molecule has 0 heterocycles. The van der Waals surface area contributed by atoms with Crippen molar-refractivity contribution >= 4 is 5.91 Å². The van der Waals surface area contributed by atoms with E-state index in [2.05, 4.69) is 5.32 Å². The van der Waals surface area contributed by atoms with E-state index >= 15 is 0 Å². The van der Waals surface area contributed by atoms with Gasteiger partial charge in [-0.25, -0.2) is 0 Å². The summed E-state index contributed by atoms with van der Waals surface area (Å²) >= 11 is 0. The number of benzene rings is 1. The SMILES string of the molecule is COc1ccc2c(c1)CCC[C@]2(O)CNC(=O)C1CCC1. The highest BCUT2D eigenvalue weighted by molar-refractivity contribution is 5.79. The van der Waals surface area contributed by atoms with E-state index in [4.69, 9.17) is 4.74 Å². The van der Waals surface area contributed by atoms with Gasteiger partial charge in [0.2, 0.25) is 5.91 Å². The molecule has 4 nitrogen and oxygen atoms in total. The minimum Gasteiger partial charge on any atom is -0.497 e. The van der Waals surface area contributed by atoms with Gasteiger partial charge in [0.05, 0.1) is 13.7 Å². The van der Waals surface area contributed by atoms with Gasteiger partial charge in [0, 0.05) is 5.92 Å². The summed E-state index contributed by atoms with van der Waals surface area (Å²) in [6, 6.07) is 5.80. The Balaban J connectivity index is 1.74. The number of rotatable bonds is 4. The summed E-state index contributed by atoms with van der Waals surface area (Å²) in [6.45, 7) is 0.307. The Morgan fingerprint density at radius 2 is 2.24 bits per heavy atom. The number of fused-ring (bicyclic) bond motifs is 1. The van der Waals surface area contributed by atoms with Crippen LogP contribution in [0.4, 0.5) is 0 Å². The number of carbonyl (C=O) groups is 1. The van der Waals surface area contributed by atoms with Crippen LogP contribution in [0, 0.1) is 5.92 Å². The molecule has 2 aliphatic rings. The van der Waals surface area contributed by atoms with Crippen molar-refractivity contribution in [1.82, 2.24) is 5.32 Å². The Morgan fingerprint density at radius 1 is 1.43 bits per heavy atom. The van der Waals surface area contributed by atoms with Crippen LogP contribution < -0.4 is 10.1 Å². The third-order valence-electron chi connectivity index (χ3n) is 4.88. The number of hydrogen-bond donors (Lipinski definition) is 2. The standard InChI is InChI=1S/C17H23NO3/c1-21-14-7-8-15-13(10-14)6-3-9-17(15,20)11-18-16(19)12-4-2-5-12/h7-8,10,12,20H,2-6,9,11H2,1H3,(H,18,19)/t17-/m0/s1. The van der Waals surface area contributed by atoms with E-state index in [1.807, 2.05) is 18.2 Å². The number of aryl methyl sites for hydroxylation is 1. The quantitative estimate of drug-likeness (QED) is 0.893. The Bertz CT molecular complexity index is 539. The lowest BCUT2D eigenvalue weighted by atomic mass is 9.78. The van der Waals surface area contributed by atoms with Crippen molar-refractivity contribution in [1.29, 1.82) is 0 Å². The van der Waals surface area contributed by atoms with Gasteiger partial charge in [0.15, 0.2) is 0 Å². The van der Waals surface area contributed by atoms with Crippen molar-refractivity contribution in [2.45, 2.75) is 44.1 Å². The van der Waals surface area contributed by atoms with Crippen molar-refractivity contribution < 1.29 is 14.6 Å². The van der Waals surface area contributed by atoms with Gasteiger partial charge in [-0.15, -0.1) is 0 Å². The third-order valence-corrected chi connectivity index (χ3v) is 4.88. The highest BCUT2D eigenvalue weighted by Crippen LogP contribution is 2.37. The summed E-state index contributed by atoms with van der Waals surface area (Å²) in [5.41, 5.74) is 1.11. The van der Waals surface area contributed by atoms with Gasteiger partial charge in [0.25, 0.3) is 0 Å². The minimum atomic E-state index is -0.945. The fraction of sp³-hybridized carbons (Fsp3) is 0.588. The zero-order chi connectivity index (χ0) is 14.9. The first-order valence-electron chi connectivity index (χ1n) is 7.80. The van der Waals surface area contributed by atoms with Crippen molar-refractivity contribution in [3.63, 3.8) is 0 Å². The molecule has 1 aromatic carbocycles. The van der Waals surface area contributed by atoms with E-state index < -0.39 is 5.60 Å². The van der Waals surface area contributed by atoms with Crippen LogP contribution in [0.2, 0.25) is 0 Å². The van der Waals surface area contributed by atoms with Crippen molar-refractivity contribution in [3.05, 3.63) is 29.3 Å². The molecule has 2 aliphatic carbocycles. The first kappa shape index (κ1) is 14.4. The molecular formula is C17H23NO3. The maximum Gasteiger partial charge on any atom is 0.223 e. The molecule has 0 spiro atoms. The summed E-state index contributed by atoms with van der Waals surface area (Å²) in [5.74, 6) is 1.07. The van der Waals surface area contributed by atoms with Gasteiger partial charge in [0.1, 0.15) is 11.4 Å². The molecule has 3 rings (SSSR count). The van der Waals surface area contributed by atoms with Gasteiger partial charge in [-0.3, -0.25) is 4.79 Å². The molecular weight excluding hydrogens is 266 g/mol. The average Bonchev–Trinajstić information content (AvgIpc) is 2.43. The van der Waals surface area contributed by atoms with E-state index in [1.54, 1.807) is 7.11 Å². The fourth-order valence-electron chi connectivity index (χ4n) is 3.30. The summed E-state index contributed by atoms with van der Waals surface area (Å²) in [7, 11) is 1.65. The molecule has 1 fully saturated rings. The molecule has 0 unspecified atom stereocenters. The molecule has 1 atom stereocenters. The van der Waals surface area contributed by atoms with Gasteiger partial charge in [-0.1, -0.05) is 12.5 Å². The second-order valence-electron chi connectivity index (χ2n) is 6.25. The molecule has 0 radical (unpaired) electrons. The van der Waals surface area contributed by atoms with E-state index in [0.29, 0.717) is 13.0 Å². The van der Waals surface area contributed by atoms with E-state index in [9.17, 15) is 9.90 Å². The Hall–Kier alpha value is -1.55. The molecule has 0 aliphatic heterocycles. The molecule has 1 saturated carbocycles. The third kappa shape index (κ3) is 2.77. The Labute approximate surface area is 125 Å². The van der Waals surface area contributed by atoms with Crippen molar-refractivity contribution in [2.75, 3.05) is 13.7 Å². The summed E-state index contributed by atoms with van der Waals surface area (Å²) in [6.07, 6.45) is 5.68. The number of nitrogens with one attached hydrogen (secondary N) is 1. The van der Waals surface area contributed by atoms with Crippen LogP contribution in [-0.2, 0) is 16.8 Å². The Morgan fingerprint density at radius 3 is 2.90 bits per heavy atom. The summed E-state index contributed by atoms with van der Waals surface area (Å²) < 4.78 is 5.25. The normalized spacial score (nSPS) is 24.9. The summed E-state index contributed by atoms with van der Waals surface area (Å²) in [5, 5.41) is 13.9. The van der Waals surface area contributed by atoms with Crippen LogP contribution in [0.5, 0.6) is 5.75 Å². The lowest BCUT2D eigenvalue weighted by Crippen LogP contribution is -2.45. The van der Waals surface area contributed by atoms with E-state index in [-0.39, 0.29) is 11.8 Å². The van der Waals surface area contributed by atoms with Crippen LogP contribution in [0.3, 0.4) is 0 Å². The monoisotopic (exact) mass is 289 g/mol. The number of methoxy groups -OCH3 is 1. The highest BCUT2D eigenvalue weighted by Gasteiger charge is 2.36. The molecule has 0 saturated heterocycles. The molecule has 2 N–H and O–H groups in total. The van der Waals surface area contributed by atoms with Gasteiger partial charge >= 0.3 is 0 Å². The maximum absolute atomic E-state index is 12.0. The first-order chi connectivity index (χ1) is 10.1. The minimum absolute atomic E-state index is 0.0929. The molecule has 0 aromatic heterocycles. The molecule has 1 amide bonds. The molecule has 114 valence electrons. The van der Waals surface area contributed by atoms with Gasteiger partial charge in [-0.2, -0.15) is 0 Å². The van der Waals surface area contributed by atoms with Crippen molar-refractivity contribution in [2.24, 2.45) is 5.92 Å². The molecule has 4 heteroatoms. The number of hydrogen-bond acceptors (Lipinski definition) is 3. The van der Waals surface area contributed by atoms with Crippen LogP contribution in [0.25, 0.3) is 0 Å². The number of aliphatic hydroxyl groups is 1.